The minimum Gasteiger partial charge on any atom is -0.330 e. The third kappa shape index (κ3) is 3.58. The van der Waals surface area contributed by atoms with Crippen molar-refractivity contribution in [3.8, 4) is 0 Å². The first-order valence-corrected chi connectivity index (χ1v) is 8.31. The summed E-state index contributed by atoms with van der Waals surface area (Å²) >= 11 is 0. The zero-order chi connectivity index (χ0) is 16.2. The highest BCUT2D eigenvalue weighted by molar-refractivity contribution is 5.92. The summed E-state index contributed by atoms with van der Waals surface area (Å²) in [7, 11) is 0. The van der Waals surface area contributed by atoms with Crippen LogP contribution in [0, 0.1) is 13.8 Å². The van der Waals surface area contributed by atoms with E-state index in [-0.39, 0.29) is 11.9 Å². The lowest BCUT2D eigenvalue weighted by Crippen LogP contribution is -2.35. The van der Waals surface area contributed by atoms with Crippen LogP contribution in [0.15, 0.2) is 36.7 Å². The number of carbonyl (C=O) groups is 1. The van der Waals surface area contributed by atoms with Crippen LogP contribution in [0.1, 0.15) is 59.0 Å². The van der Waals surface area contributed by atoms with Crippen LogP contribution in [0.2, 0.25) is 0 Å². The van der Waals surface area contributed by atoms with Crippen molar-refractivity contribution in [1.29, 1.82) is 0 Å². The van der Waals surface area contributed by atoms with Gasteiger partial charge in [-0.25, -0.2) is 4.98 Å². The van der Waals surface area contributed by atoms with Gasteiger partial charge in [-0.1, -0.05) is 42.7 Å². The van der Waals surface area contributed by atoms with E-state index in [1.165, 1.54) is 17.5 Å². The molecular formula is C19H23N3O. The number of carbonyl (C=O) groups excluding carboxylic acids is 1. The summed E-state index contributed by atoms with van der Waals surface area (Å²) in [5.41, 5.74) is 3.72. The molecule has 0 saturated carbocycles. The van der Waals surface area contributed by atoms with E-state index >= 15 is 0 Å². The number of benzene rings is 1. The van der Waals surface area contributed by atoms with Gasteiger partial charge in [-0.05, 0) is 32.3 Å². The fraction of sp³-hybridized carbons (Fsp3) is 0.421. The summed E-state index contributed by atoms with van der Waals surface area (Å²) < 4.78 is 0. The average molecular weight is 309 g/mol. The zero-order valence-corrected chi connectivity index (χ0v) is 13.8. The van der Waals surface area contributed by atoms with E-state index in [1.54, 1.807) is 12.4 Å². The quantitative estimate of drug-likeness (QED) is 0.846. The molecule has 0 N–H and O–H groups in total. The number of likely N-dealkylation sites (tertiary alicyclic amines) is 1. The first-order chi connectivity index (χ1) is 11.1. The number of amides is 1. The Balaban J connectivity index is 1.92. The van der Waals surface area contributed by atoms with Gasteiger partial charge < -0.3 is 4.90 Å². The molecule has 1 atom stereocenters. The summed E-state index contributed by atoms with van der Waals surface area (Å²) in [6, 6.07) is 8.62. The van der Waals surface area contributed by atoms with Gasteiger partial charge >= 0.3 is 0 Å². The molecule has 2 heterocycles. The lowest BCUT2D eigenvalue weighted by atomic mass is 9.99. The molecule has 2 aromatic rings. The Morgan fingerprint density at radius 1 is 1.13 bits per heavy atom. The van der Waals surface area contributed by atoms with Crippen molar-refractivity contribution in [3.05, 3.63) is 59.2 Å². The molecule has 1 aliphatic heterocycles. The van der Waals surface area contributed by atoms with Crippen molar-refractivity contribution in [3.63, 3.8) is 0 Å². The molecule has 0 bridgehead atoms. The predicted octanol–water partition coefficient (Wildman–Crippen LogP) is 3.85. The molecule has 1 aliphatic rings. The lowest BCUT2D eigenvalue weighted by Gasteiger charge is -2.30. The second-order valence-electron chi connectivity index (χ2n) is 6.32. The predicted molar refractivity (Wildman–Crippen MR) is 90.2 cm³/mol. The van der Waals surface area contributed by atoms with Crippen LogP contribution in [0.3, 0.4) is 0 Å². The van der Waals surface area contributed by atoms with Gasteiger partial charge in [-0.2, -0.15) is 0 Å². The van der Waals surface area contributed by atoms with Gasteiger partial charge in [0.2, 0.25) is 0 Å². The van der Waals surface area contributed by atoms with Crippen LogP contribution >= 0.6 is 0 Å². The number of aryl methyl sites for hydroxylation is 2. The van der Waals surface area contributed by atoms with Crippen LogP contribution in [0.4, 0.5) is 0 Å². The molecule has 0 spiro atoms. The largest absolute Gasteiger partial charge is 0.330 e. The molecule has 4 heteroatoms. The minimum absolute atomic E-state index is 0.00842. The molecule has 1 unspecified atom stereocenters. The molecular weight excluding hydrogens is 286 g/mol. The number of rotatable bonds is 2. The lowest BCUT2D eigenvalue weighted by molar-refractivity contribution is 0.0674. The summed E-state index contributed by atoms with van der Waals surface area (Å²) in [6.07, 6.45) is 7.64. The molecule has 0 aliphatic carbocycles. The minimum atomic E-state index is -0.00842. The molecule has 1 fully saturated rings. The van der Waals surface area contributed by atoms with Crippen molar-refractivity contribution in [2.75, 3.05) is 6.54 Å². The molecule has 3 rings (SSSR count). The summed E-state index contributed by atoms with van der Waals surface area (Å²) in [6.45, 7) is 4.76. The van der Waals surface area contributed by atoms with Gasteiger partial charge in [0.1, 0.15) is 5.69 Å². The second kappa shape index (κ2) is 6.90. The molecule has 1 saturated heterocycles. The zero-order valence-electron chi connectivity index (χ0n) is 13.8. The SMILES string of the molecule is Cc1cccc(C2CCCCCN2C(=O)c2cnc(C)cn2)c1. The highest BCUT2D eigenvalue weighted by Gasteiger charge is 2.28. The number of nitrogens with zero attached hydrogens (tertiary/aromatic N) is 3. The summed E-state index contributed by atoms with van der Waals surface area (Å²) in [5, 5.41) is 0. The van der Waals surface area contributed by atoms with E-state index in [1.807, 2.05) is 11.8 Å². The van der Waals surface area contributed by atoms with E-state index in [0.29, 0.717) is 5.69 Å². The maximum Gasteiger partial charge on any atom is 0.274 e. The number of aromatic nitrogens is 2. The normalized spacial score (nSPS) is 18.5. The summed E-state index contributed by atoms with van der Waals surface area (Å²) in [5.74, 6) is -0.00842. The standard InChI is InChI=1S/C19H23N3O/c1-14-7-6-8-16(11-14)18-9-4-3-5-10-22(18)19(23)17-13-20-15(2)12-21-17/h6-8,11-13,18H,3-5,9-10H2,1-2H3. The smallest absolute Gasteiger partial charge is 0.274 e. The van der Waals surface area contributed by atoms with Gasteiger partial charge in [0, 0.05) is 12.7 Å². The highest BCUT2D eigenvalue weighted by atomic mass is 16.2. The van der Waals surface area contributed by atoms with Crippen molar-refractivity contribution >= 4 is 5.91 Å². The first kappa shape index (κ1) is 15.7. The van der Waals surface area contributed by atoms with Gasteiger partial charge in [-0.3, -0.25) is 9.78 Å². The van der Waals surface area contributed by atoms with Gasteiger partial charge in [0.25, 0.3) is 5.91 Å². The van der Waals surface area contributed by atoms with Crippen molar-refractivity contribution in [2.45, 2.75) is 45.6 Å². The van der Waals surface area contributed by atoms with Crippen LogP contribution < -0.4 is 0 Å². The molecule has 23 heavy (non-hydrogen) atoms. The average Bonchev–Trinajstić information content (AvgIpc) is 2.81. The van der Waals surface area contributed by atoms with Crippen LogP contribution in [-0.4, -0.2) is 27.3 Å². The molecule has 4 nitrogen and oxygen atoms in total. The molecule has 120 valence electrons. The Morgan fingerprint density at radius 3 is 2.74 bits per heavy atom. The first-order valence-electron chi connectivity index (χ1n) is 8.31. The van der Waals surface area contributed by atoms with Gasteiger partial charge in [0.15, 0.2) is 0 Å². The second-order valence-corrected chi connectivity index (χ2v) is 6.32. The van der Waals surface area contributed by atoms with Crippen LogP contribution in [-0.2, 0) is 0 Å². The Bertz CT molecular complexity index is 681. The fourth-order valence-electron chi connectivity index (χ4n) is 3.23. The van der Waals surface area contributed by atoms with Crippen molar-refractivity contribution in [2.24, 2.45) is 0 Å². The van der Waals surface area contributed by atoms with Crippen LogP contribution in [0.5, 0.6) is 0 Å². The van der Waals surface area contributed by atoms with E-state index in [0.717, 1.165) is 31.5 Å². The van der Waals surface area contributed by atoms with E-state index in [9.17, 15) is 4.79 Å². The molecule has 1 amide bonds. The van der Waals surface area contributed by atoms with Gasteiger partial charge in [-0.15, -0.1) is 0 Å². The number of hydrogen-bond donors (Lipinski definition) is 0. The van der Waals surface area contributed by atoms with E-state index in [4.69, 9.17) is 0 Å². The van der Waals surface area contributed by atoms with Crippen molar-refractivity contribution < 1.29 is 4.79 Å². The van der Waals surface area contributed by atoms with E-state index < -0.39 is 0 Å². The Labute approximate surface area is 137 Å². The Hall–Kier alpha value is -2.23. The molecule has 0 radical (unpaired) electrons. The topological polar surface area (TPSA) is 46.1 Å². The van der Waals surface area contributed by atoms with E-state index in [2.05, 4.69) is 41.2 Å². The Morgan fingerprint density at radius 2 is 2.00 bits per heavy atom. The maximum absolute atomic E-state index is 13.0. The fourth-order valence-corrected chi connectivity index (χ4v) is 3.23. The third-order valence-electron chi connectivity index (χ3n) is 4.44. The monoisotopic (exact) mass is 309 g/mol. The van der Waals surface area contributed by atoms with Crippen molar-refractivity contribution in [1.82, 2.24) is 14.9 Å². The maximum atomic E-state index is 13.0. The molecule has 1 aromatic heterocycles. The van der Waals surface area contributed by atoms with Gasteiger partial charge in [0.05, 0.1) is 17.9 Å². The number of hydrogen-bond acceptors (Lipinski definition) is 3. The third-order valence-corrected chi connectivity index (χ3v) is 4.44. The molecule has 1 aromatic carbocycles. The van der Waals surface area contributed by atoms with Crippen LogP contribution in [0.25, 0.3) is 0 Å². The summed E-state index contributed by atoms with van der Waals surface area (Å²) in [4.78, 5) is 23.4. The highest BCUT2D eigenvalue weighted by Crippen LogP contribution is 2.31. The Kier molecular flexibility index (Phi) is 4.70.